The summed E-state index contributed by atoms with van der Waals surface area (Å²) in [6, 6.07) is 0.363. The molecule has 84 valence electrons. The van der Waals surface area contributed by atoms with E-state index in [1.54, 1.807) is 0 Å². The largest absolute Gasteiger partial charge is 0.393 e. The molecule has 0 spiro atoms. The van der Waals surface area contributed by atoms with Gasteiger partial charge in [-0.3, -0.25) is 0 Å². The first kappa shape index (κ1) is 12.7. The van der Waals surface area contributed by atoms with Gasteiger partial charge < -0.3 is 10.6 Å². The quantitative estimate of drug-likeness (QED) is 0.830. The Morgan fingerprint density at radius 1 is 1.73 bits per heavy atom. The topological polar surface area (TPSA) is 42.1 Å². The molecule has 0 unspecified atom stereocenters. The third-order valence-electron chi connectivity index (χ3n) is 1.93. The van der Waals surface area contributed by atoms with E-state index in [4.69, 9.17) is 29.6 Å². The molecule has 6 heteroatoms. The summed E-state index contributed by atoms with van der Waals surface area (Å²) in [6.45, 7) is 5.00. The lowest BCUT2D eigenvalue weighted by atomic mass is 10.3. The van der Waals surface area contributed by atoms with Gasteiger partial charge >= 0.3 is 0 Å². The van der Waals surface area contributed by atoms with Crippen LogP contribution >= 0.6 is 35.2 Å². The zero-order valence-electron chi connectivity index (χ0n) is 8.74. The number of hydrogen-bond donors (Lipinski definition) is 1. The van der Waals surface area contributed by atoms with Gasteiger partial charge in [-0.1, -0.05) is 23.8 Å². The first-order chi connectivity index (χ1) is 7.00. The van der Waals surface area contributed by atoms with Gasteiger partial charge in [0.2, 0.25) is 0 Å². The lowest BCUT2D eigenvalue weighted by molar-refractivity contribution is 0.688. The number of nitrogens with zero attached hydrogens (tertiary/aromatic N) is 2. The molecule has 15 heavy (non-hydrogen) atoms. The molecule has 0 fully saturated rings. The molecule has 0 radical (unpaired) electrons. The molecule has 0 bridgehead atoms. The average molecular weight is 264 g/mol. The number of rotatable bonds is 5. The molecule has 2 N–H and O–H groups in total. The number of hydrogen-bond acceptors (Lipinski definition) is 4. The molecular weight excluding hydrogens is 250 g/mol. The van der Waals surface area contributed by atoms with Crippen molar-refractivity contribution in [1.82, 2.24) is 4.98 Å². The van der Waals surface area contributed by atoms with Gasteiger partial charge in [0.15, 0.2) is 5.13 Å². The van der Waals surface area contributed by atoms with Crippen molar-refractivity contribution in [2.45, 2.75) is 26.3 Å². The summed E-state index contributed by atoms with van der Waals surface area (Å²) in [5, 5.41) is 3.29. The van der Waals surface area contributed by atoms with Crippen molar-refractivity contribution >= 4 is 45.3 Å². The van der Waals surface area contributed by atoms with Crippen molar-refractivity contribution in [3.05, 3.63) is 10.5 Å². The second-order valence-electron chi connectivity index (χ2n) is 3.46. The van der Waals surface area contributed by atoms with E-state index in [9.17, 15) is 0 Å². The van der Waals surface area contributed by atoms with Gasteiger partial charge in [0.05, 0.1) is 4.99 Å². The molecule has 0 aliphatic carbocycles. The monoisotopic (exact) mass is 263 g/mol. The van der Waals surface area contributed by atoms with Crippen LogP contribution in [0.15, 0.2) is 5.38 Å². The van der Waals surface area contributed by atoms with Crippen LogP contribution in [0, 0.1) is 0 Å². The van der Waals surface area contributed by atoms with E-state index < -0.39 is 0 Å². The van der Waals surface area contributed by atoms with Crippen LogP contribution in [0.25, 0.3) is 0 Å². The molecule has 1 aromatic rings. The first-order valence-electron chi connectivity index (χ1n) is 4.66. The third kappa shape index (κ3) is 3.93. The zero-order chi connectivity index (χ0) is 11.4. The second-order valence-corrected chi connectivity index (χ2v) is 5.20. The number of aromatic nitrogens is 1. The summed E-state index contributed by atoms with van der Waals surface area (Å²) >= 11 is 12.2. The standard InChI is InChI=1S/C9H14ClN3S2/c1-6(2)13(4-3-8(11)14)9-12-7(10)5-15-9/h5-6H,3-4H2,1-2H3,(H2,11,14). The molecule has 1 aromatic heterocycles. The highest BCUT2D eigenvalue weighted by atomic mass is 35.5. The smallest absolute Gasteiger partial charge is 0.186 e. The van der Waals surface area contributed by atoms with Gasteiger partial charge in [0.25, 0.3) is 0 Å². The zero-order valence-corrected chi connectivity index (χ0v) is 11.1. The molecule has 1 heterocycles. The van der Waals surface area contributed by atoms with Crippen molar-refractivity contribution in [2.24, 2.45) is 5.73 Å². The number of thiocarbonyl (C=S) groups is 1. The van der Waals surface area contributed by atoms with E-state index in [1.807, 2.05) is 5.38 Å². The molecule has 0 amide bonds. The van der Waals surface area contributed by atoms with Gasteiger partial charge in [0.1, 0.15) is 5.15 Å². The van der Waals surface area contributed by atoms with Crippen molar-refractivity contribution < 1.29 is 0 Å². The Hall–Kier alpha value is -0.390. The fraction of sp³-hybridized carbons (Fsp3) is 0.556. The second kappa shape index (κ2) is 5.63. The molecule has 0 saturated heterocycles. The maximum atomic E-state index is 5.79. The van der Waals surface area contributed by atoms with Crippen LogP contribution in [-0.2, 0) is 0 Å². The number of halogens is 1. The van der Waals surface area contributed by atoms with Crippen LogP contribution in [0.2, 0.25) is 5.15 Å². The Kier molecular flexibility index (Phi) is 4.76. The van der Waals surface area contributed by atoms with Crippen LogP contribution in [0.5, 0.6) is 0 Å². The molecule has 0 atom stereocenters. The Morgan fingerprint density at radius 3 is 2.80 bits per heavy atom. The summed E-state index contributed by atoms with van der Waals surface area (Å²) in [7, 11) is 0. The van der Waals surface area contributed by atoms with Crippen molar-refractivity contribution in [3.8, 4) is 0 Å². The van der Waals surface area contributed by atoms with Crippen LogP contribution in [0.1, 0.15) is 20.3 Å². The number of anilines is 1. The molecule has 0 aromatic carbocycles. The molecule has 0 aliphatic rings. The molecular formula is C9H14ClN3S2. The fourth-order valence-corrected chi connectivity index (χ4v) is 2.38. The Morgan fingerprint density at radius 2 is 2.40 bits per heavy atom. The minimum atomic E-state index is 0.363. The maximum Gasteiger partial charge on any atom is 0.186 e. The van der Waals surface area contributed by atoms with E-state index in [0.717, 1.165) is 11.7 Å². The summed E-state index contributed by atoms with van der Waals surface area (Å²) in [5.74, 6) is 0. The highest BCUT2D eigenvalue weighted by Gasteiger charge is 2.14. The lowest BCUT2D eigenvalue weighted by Gasteiger charge is -2.25. The van der Waals surface area contributed by atoms with Gasteiger partial charge in [-0.2, -0.15) is 0 Å². The molecule has 3 nitrogen and oxygen atoms in total. The van der Waals surface area contributed by atoms with Crippen molar-refractivity contribution in [2.75, 3.05) is 11.4 Å². The molecule has 0 saturated carbocycles. The average Bonchev–Trinajstić information content (AvgIpc) is 2.51. The van der Waals surface area contributed by atoms with Gasteiger partial charge in [-0.25, -0.2) is 4.98 Å². The van der Waals surface area contributed by atoms with Gasteiger partial charge in [-0.05, 0) is 13.8 Å². The first-order valence-corrected chi connectivity index (χ1v) is 6.33. The Bertz CT molecular complexity index is 338. The van der Waals surface area contributed by atoms with Crippen LogP contribution in [0.4, 0.5) is 5.13 Å². The minimum absolute atomic E-state index is 0.363. The SMILES string of the molecule is CC(C)N(CCC(N)=S)c1nc(Cl)cs1. The van der Waals surface area contributed by atoms with E-state index in [-0.39, 0.29) is 0 Å². The summed E-state index contributed by atoms with van der Waals surface area (Å²) in [5.41, 5.74) is 5.49. The van der Waals surface area contributed by atoms with Crippen molar-refractivity contribution in [3.63, 3.8) is 0 Å². The van der Waals surface area contributed by atoms with E-state index >= 15 is 0 Å². The highest BCUT2D eigenvalue weighted by Crippen LogP contribution is 2.24. The normalized spacial score (nSPS) is 10.7. The fourth-order valence-electron chi connectivity index (χ4n) is 1.18. The third-order valence-corrected chi connectivity index (χ3v) is 3.34. The van der Waals surface area contributed by atoms with Gasteiger partial charge in [-0.15, -0.1) is 11.3 Å². The van der Waals surface area contributed by atoms with E-state index in [1.165, 1.54) is 11.3 Å². The van der Waals surface area contributed by atoms with E-state index in [0.29, 0.717) is 22.6 Å². The lowest BCUT2D eigenvalue weighted by Crippen LogP contribution is -2.33. The van der Waals surface area contributed by atoms with Crippen LogP contribution < -0.4 is 10.6 Å². The summed E-state index contributed by atoms with van der Waals surface area (Å²) in [4.78, 5) is 6.92. The highest BCUT2D eigenvalue weighted by molar-refractivity contribution is 7.80. The van der Waals surface area contributed by atoms with Crippen LogP contribution in [-0.4, -0.2) is 22.6 Å². The molecule has 0 aliphatic heterocycles. The van der Waals surface area contributed by atoms with Crippen LogP contribution in [0.3, 0.4) is 0 Å². The minimum Gasteiger partial charge on any atom is -0.393 e. The van der Waals surface area contributed by atoms with E-state index in [2.05, 4.69) is 23.7 Å². The van der Waals surface area contributed by atoms with Gasteiger partial charge in [0, 0.05) is 24.4 Å². The predicted molar refractivity (Wildman–Crippen MR) is 71.0 cm³/mol. The molecule has 1 rings (SSSR count). The Balaban J connectivity index is 2.70. The maximum absolute atomic E-state index is 5.79. The summed E-state index contributed by atoms with van der Waals surface area (Å²) in [6.07, 6.45) is 0.699. The number of thiazole rings is 1. The summed E-state index contributed by atoms with van der Waals surface area (Å²) < 4.78 is 0. The predicted octanol–water partition coefficient (Wildman–Crippen LogP) is 2.69. The van der Waals surface area contributed by atoms with Crippen molar-refractivity contribution in [1.29, 1.82) is 0 Å². The Labute approximate surface area is 104 Å². The number of nitrogens with two attached hydrogens (primary N) is 1.